The van der Waals surface area contributed by atoms with Crippen molar-refractivity contribution in [1.29, 1.82) is 0 Å². The molecule has 1 aliphatic carbocycles. The molecule has 0 saturated carbocycles. The zero-order chi connectivity index (χ0) is 14.0. The molecule has 1 saturated heterocycles. The zero-order valence-corrected chi connectivity index (χ0v) is 11.2. The van der Waals surface area contributed by atoms with E-state index in [0.717, 1.165) is 28.2 Å². The van der Waals surface area contributed by atoms with E-state index in [-0.39, 0.29) is 18.7 Å². The van der Waals surface area contributed by atoms with E-state index in [1.807, 2.05) is 42.5 Å². The highest BCUT2D eigenvalue weighted by Crippen LogP contribution is 2.57. The Kier molecular flexibility index (Phi) is 1.97. The topological polar surface area (TPSA) is 48.1 Å². The van der Waals surface area contributed by atoms with E-state index in [0.29, 0.717) is 6.42 Å². The molecule has 0 radical (unpaired) electrons. The number of carbonyl (C=O) groups excluding carboxylic acids is 1. The van der Waals surface area contributed by atoms with Crippen LogP contribution in [0.4, 0.5) is 0 Å². The Labute approximate surface area is 121 Å². The van der Waals surface area contributed by atoms with Gasteiger partial charge in [-0.2, -0.15) is 0 Å². The summed E-state index contributed by atoms with van der Waals surface area (Å²) < 4.78 is 16.6. The van der Waals surface area contributed by atoms with Crippen molar-refractivity contribution in [2.75, 3.05) is 6.79 Å². The van der Waals surface area contributed by atoms with Gasteiger partial charge in [0.05, 0.1) is 0 Å². The van der Waals surface area contributed by atoms with Gasteiger partial charge in [0.2, 0.25) is 6.79 Å². The second kappa shape index (κ2) is 3.65. The third-order valence-corrected chi connectivity index (χ3v) is 4.49. The number of ketones is 1. The number of hydrogen-bond donors (Lipinski definition) is 0. The summed E-state index contributed by atoms with van der Waals surface area (Å²) in [6, 6.07) is 13.5. The van der Waals surface area contributed by atoms with Crippen LogP contribution in [0.1, 0.15) is 27.6 Å². The van der Waals surface area contributed by atoms with Crippen LogP contribution in [0.25, 0.3) is 0 Å². The first-order valence-electron chi connectivity index (χ1n) is 6.98. The predicted molar refractivity (Wildman–Crippen MR) is 73.6 cm³/mol. The molecule has 2 aliphatic heterocycles. The number of fused-ring (bicyclic) bond motifs is 2. The summed E-state index contributed by atoms with van der Waals surface area (Å²) in [5, 5.41) is 0. The molecule has 4 nitrogen and oxygen atoms in total. The first-order valence-corrected chi connectivity index (χ1v) is 6.98. The van der Waals surface area contributed by atoms with Gasteiger partial charge < -0.3 is 14.2 Å². The molecule has 1 spiro atoms. The number of rotatable bonds is 1. The number of epoxide rings is 1. The van der Waals surface area contributed by atoms with Crippen LogP contribution in [-0.2, 0) is 11.2 Å². The van der Waals surface area contributed by atoms with Crippen LogP contribution in [0.5, 0.6) is 11.5 Å². The molecule has 21 heavy (non-hydrogen) atoms. The summed E-state index contributed by atoms with van der Waals surface area (Å²) in [6.45, 7) is 0.250. The smallest absolute Gasteiger partial charge is 0.231 e. The van der Waals surface area contributed by atoms with Gasteiger partial charge in [0.25, 0.3) is 0 Å². The van der Waals surface area contributed by atoms with E-state index in [2.05, 4.69) is 0 Å². The standard InChI is InChI=1S/C17H12O4/c18-15-12-4-2-1-3-11(12)8-17(15)16(21-17)10-5-6-13-14(7-10)20-9-19-13/h1-7,16H,8-9H2. The third kappa shape index (κ3) is 1.40. The number of benzene rings is 2. The molecule has 4 heteroatoms. The van der Waals surface area contributed by atoms with Gasteiger partial charge in [-0.3, -0.25) is 4.79 Å². The maximum absolute atomic E-state index is 12.6. The molecule has 0 aromatic heterocycles. The minimum atomic E-state index is -0.697. The lowest BCUT2D eigenvalue weighted by Gasteiger charge is -2.03. The number of hydrogen-bond acceptors (Lipinski definition) is 4. The van der Waals surface area contributed by atoms with Crippen molar-refractivity contribution in [3.05, 3.63) is 59.2 Å². The predicted octanol–water partition coefficient (Wildman–Crippen LogP) is 2.66. The quantitative estimate of drug-likeness (QED) is 0.753. The van der Waals surface area contributed by atoms with Crippen LogP contribution in [0, 0.1) is 0 Å². The Morgan fingerprint density at radius 2 is 1.90 bits per heavy atom. The molecule has 3 aliphatic rings. The maximum Gasteiger partial charge on any atom is 0.231 e. The largest absolute Gasteiger partial charge is 0.454 e. The summed E-state index contributed by atoms with van der Waals surface area (Å²) in [5.41, 5.74) is 2.14. The molecular formula is C17H12O4. The molecule has 1 fully saturated rings. The molecule has 2 heterocycles. The summed E-state index contributed by atoms with van der Waals surface area (Å²) in [6.07, 6.45) is 0.466. The maximum atomic E-state index is 12.6. The average Bonchev–Trinajstić information content (AvgIpc) is 2.91. The lowest BCUT2D eigenvalue weighted by atomic mass is 9.95. The van der Waals surface area contributed by atoms with Gasteiger partial charge in [-0.1, -0.05) is 30.3 Å². The van der Waals surface area contributed by atoms with Crippen molar-refractivity contribution < 1.29 is 19.0 Å². The molecule has 2 unspecified atom stereocenters. The Morgan fingerprint density at radius 3 is 2.81 bits per heavy atom. The van der Waals surface area contributed by atoms with Gasteiger partial charge in [0, 0.05) is 12.0 Å². The van der Waals surface area contributed by atoms with Gasteiger partial charge in [-0.15, -0.1) is 0 Å². The number of Topliss-reactive ketones (excluding diaryl/α,β-unsaturated/α-hetero) is 1. The first-order chi connectivity index (χ1) is 10.3. The van der Waals surface area contributed by atoms with Crippen LogP contribution in [0.3, 0.4) is 0 Å². The van der Waals surface area contributed by atoms with E-state index in [1.54, 1.807) is 0 Å². The van der Waals surface area contributed by atoms with Crippen molar-refractivity contribution >= 4 is 5.78 Å². The van der Waals surface area contributed by atoms with Crippen molar-refractivity contribution in [3.8, 4) is 11.5 Å². The summed E-state index contributed by atoms with van der Waals surface area (Å²) in [4.78, 5) is 12.6. The third-order valence-electron chi connectivity index (χ3n) is 4.49. The monoisotopic (exact) mass is 280 g/mol. The molecule has 2 atom stereocenters. The fourth-order valence-corrected chi connectivity index (χ4v) is 3.38. The summed E-state index contributed by atoms with van der Waals surface area (Å²) in [5.74, 6) is 1.57. The van der Waals surface area contributed by atoms with Crippen molar-refractivity contribution in [2.45, 2.75) is 18.1 Å². The fraction of sp³-hybridized carbons (Fsp3) is 0.235. The minimum Gasteiger partial charge on any atom is -0.454 e. The van der Waals surface area contributed by atoms with Gasteiger partial charge >= 0.3 is 0 Å². The van der Waals surface area contributed by atoms with Crippen LogP contribution in [0.15, 0.2) is 42.5 Å². The van der Waals surface area contributed by atoms with E-state index in [9.17, 15) is 4.79 Å². The lowest BCUT2D eigenvalue weighted by Crippen LogP contribution is -2.20. The normalized spacial score (nSPS) is 28.0. The van der Waals surface area contributed by atoms with Gasteiger partial charge in [0.1, 0.15) is 6.10 Å². The van der Waals surface area contributed by atoms with Crippen LogP contribution < -0.4 is 9.47 Å². The highest BCUT2D eigenvalue weighted by Gasteiger charge is 2.66. The first kappa shape index (κ1) is 11.3. The van der Waals surface area contributed by atoms with Gasteiger partial charge in [-0.05, 0) is 23.3 Å². The SMILES string of the molecule is O=C1c2ccccc2CC12OC2c1ccc2c(c1)OCO2. The molecule has 0 amide bonds. The van der Waals surface area contributed by atoms with E-state index >= 15 is 0 Å². The molecule has 2 aromatic carbocycles. The van der Waals surface area contributed by atoms with E-state index in [4.69, 9.17) is 14.2 Å². The van der Waals surface area contributed by atoms with E-state index in [1.165, 1.54) is 0 Å². The van der Waals surface area contributed by atoms with Crippen molar-refractivity contribution in [3.63, 3.8) is 0 Å². The second-order valence-corrected chi connectivity index (χ2v) is 5.66. The van der Waals surface area contributed by atoms with Crippen LogP contribution in [-0.4, -0.2) is 18.2 Å². The molecule has 104 valence electrons. The number of carbonyl (C=O) groups is 1. The lowest BCUT2D eigenvalue weighted by molar-refractivity contribution is 0.0894. The Balaban J connectivity index is 1.51. The summed E-state index contributed by atoms with van der Waals surface area (Å²) in [7, 11) is 0. The molecular weight excluding hydrogens is 268 g/mol. The highest BCUT2D eigenvalue weighted by atomic mass is 16.7. The Bertz CT molecular complexity index is 782. The highest BCUT2D eigenvalue weighted by molar-refractivity contribution is 6.09. The van der Waals surface area contributed by atoms with Crippen molar-refractivity contribution in [2.24, 2.45) is 0 Å². The van der Waals surface area contributed by atoms with Gasteiger partial charge in [-0.25, -0.2) is 0 Å². The number of ether oxygens (including phenoxy) is 3. The Hall–Kier alpha value is -2.33. The molecule has 5 rings (SSSR count). The van der Waals surface area contributed by atoms with Crippen molar-refractivity contribution in [1.82, 2.24) is 0 Å². The Morgan fingerprint density at radius 1 is 1.05 bits per heavy atom. The molecule has 0 N–H and O–H groups in total. The molecule has 0 bridgehead atoms. The van der Waals surface area contributed by atoms with Crippen LogP contribution in [0.2, 0.25) is 0 Å². The minimum absolute atomic E-state index is 0.0979. The van der Waals surface area contributed by atoms with Gasteiger partial charge in [0.15, 0.2) is 22.9 Å². The fourth-order valence-electron chi connectivity index (χ4n) is 3.38. The zero-order valence-electron chi connectivity index (χ0n) is 11.2. The second-order valence-electron chi connectivity index (χ2n) is 5.66. The summed E-state index contributed by atoms with van der Waals surface area (Å²) >= 11 is 0. The van der Waals surface area contributed by atoms with E-state index < -0.39 is 5.60 Å². The molecule has 2 aromatic rings. The average molecular weight is 280 g/mol. The van der Waals surface area contributed by atoms with Crippen LogP contribution >= 0.6 is 0 Å².